The largest absolute Gasteiger partial charge is 0.493 e. The molecule has 1 rings (SSSR count). The Morgan fingerprint density at radius 2 is 2.09 bits per heavy atom. The molecule has 0 spiro atoms. The topological polar surface area (TPSA) is 18.5 Å². The first-order valence-electron chi connectivity index (χ1n) is 2.90. The Labute approximate surface area is 82.1 Å². The molecule has 0 unspecified atom stereocenters. The van der Waals surface area contributed by atoms with Gasteiger partial charge in [-0.3, -0.25) is 0 Å². The fourth-order valence-electron chi connectivity index (χ4n) is 0.725. The second-order valence-corrected chi connectivity index (χ2v) is 3.03. The van der Waals surface area contributed by atoms with Gasteiger partial charge >= 0.3 is 0 Å². The number of benzene rings is 1. The number of hydrogen-bond acceptors (Lipinski definition) is 2. The van der Waals surface area contributed by atoms with Gasteiger partial charge in [-0.05, 0) is 28.1 Å². The minimum Gasteiger partial charge on any atom is -0.493 e. The average Bonchev–Trinajstić information content (AvgIpc) is 2.04. The van der Waals surface area contributed by atoms with Crippen molar-refractivity contribution in [2.45, 2.75) is 0 Å². The third kappa shape index (κ3) is 1.87. The van der Waals surface area contributed by atoms with E-state index in [-0.39, 0.29) is 0 Å². The van der Waals surface area contributed by atoms with Crippen molar-refractivity contribution in [1.29, 1.82) is 0 Å². The molecular weight excluding hydrogens is 276 g/mol. The first kappa shape index (κ1) is 8.87. The van der Waals surface area contributed by atoms with Crippen LogP contribution in [-0.4, -0.2) is 7.11 Å². The van der Waals surface area contributed by atoms with E-state index in [2.05, 4.69) is 32.2 Å². The Morgan fingerprint density at radius 3 is 2.55 bits per heavy atom. The van der Waals surface area contributed by atoms with Gasteiger partial charge in [0, 0.05) is 0 Å². The summed E-state index contributed by atoms with van der Waals surface area (Å²) in [5.41, 5.74) is 0. The van der Waals surface area contributed by atoms with Crippen LogP contribution in [0.3, 0.4) is 0 Å². The van der Waals surface area contributed by atoms with Crippen LogP contribution in [0.15, 0.2) is 22.7 Å². The van der Waals surface area contributed by atoms with Crippen LogP contribution in [0.2, 0.25) is 0 Å². The van der Waals surface area contributed by atoms with Crippen molar-refractivity contribution in [3.63, 3.8) is 0 Å². The summed E-state index contributed by atoms with van der Waals surface area (Å²) in [5, 5.41) is 0. The molecule has 0 N–H and O–H groups in total. The van der Waals surface area contributed by atoms with E-state index in [4.69, 9.17) is 8.57 Å². The lowest BCUT2D eigenvalue weighted by atomic mass is 10.3. The number of rotatable bonds is 2. The molecule has 60 valence electrons. The highest BCUT2D eigenvalue weighted by molar-refractivity contribution is 9.10. The molecule has 0 aromatic heterocycles. The predicted molar refractivity (Wildman–Crippen MR) is 50.2 cm³/mol. The van der Waals surface area contributed by atoms with Crippen LogP contribution in [-0.2, 0) is 0 Å². The van der Waals surface area contributed by atoms with E-state index < -0.39 is 0 Å². The second-order valence-electron chi connectivity index (χ2n) is 1.85. The van der Waals surface area contributed by atoms with E-state index >= 15 is 0 Å². The Hall–Kier alpha value is -0.220. The summed E-state index contributed by atoms with van der Waals surface area (Å²) in [7, 11) is 1.59. The zero-order valence-corrected chi connectivity index (χ0v) is 8.98. The number of para-hydroxylation sites is 1. The number of methoxy groups -OCH3 is 1. The van der Waals surface area contributed by atoms with Gasteiger partial charge in [0.25, 0.3) is 0 Å². The molecule has 0 heterocycles. The highest BCUT2D eigenvalue weighted by Gasteiger charge is 2.06. The third-order valence-electron chi connectivity index (χ3n) is 1.23. The molecule has 0 saturated heterocycles. The molecule has 1 aromatic rings. The molecule has 1 aromatic carbocycles. The van der Waals surface area contributed by atoms with Crippen LogP contribution in [0.25, 0.3) is 0 Å². The van der Waals surface area contributed by atoms with Gasteiger partial charge in [0.2, 0.25) is 0 Å². The van der Waals surface area contributed by atoms with E-state index in [0.29, 0.717) is 11.5 Å². The Balaban J connectivity index is 3.13. The zero-order valence-electron chi connectivity index (χ0n) is 5.80. The van der Waals surface area contributed by atoms with Crippen LogP contribution in [0, 0.1) is 0 Å². The smallest absolute Gasteiger partial charge is 0.192 e. The maximum atomic E-state index is 5.03. The van der Waals surface area contributed by atoms with Gasteiger partial charge in [0.1, 0.15) is 0 Å². The average molecular weight is 282 g/mol. The van der Waals surface area contributed by atoms with Crippen molar-refractivity contribution < 1.29 is 8.57 Å². The molecule has 0 aliphatic heterocycles. The standard InChI is InChI=1S/C7H6Br2O2/c1-10-6-4-2-3-5(8)7(6)11-9/h2-4H,1H3. The molecule has 0 aliphatic rings. The lowest BCUT2D eigenvalue weighted by Crippen LogP contribution is -1.86. The highest BCUT2D eigenvalue weighted by Crippen LogP contribution is 2.35. The summed E-state index contributed by atoms with van der Waals surface area (Å²) in [4.78, 5) is 0. The lowest BCUT2D eigenvalue weighted by molar-refractivity contribution is 0.400. The summed E-state index contributed by atoms with van der Waals surface area (Å²) in [6.45, 7) is 0. The fourth-order valence-corrected chi connectivity index (χ4v) is 1.70. The lowest BCUT2D eigenvalue weighted by Gasteiger charge is -2.05. The Morgan fingerprint density at radius 1 is 1.36 bits per heavy atom. The predicted octanol–water partition coefficient (Wildman–Crippen LogP) is 3.15. The van der Waals surface area contributed by atoms with Crippen molar-refractivity contribution in [2.24, 2.45) is 0 Å². The van der Waals surface area contributed by atoms with E-state index in [9.17, 15) is 0 Å². The van der Waals surface area contributed by atoms with Crippen molar-refractivity contribution >= 4 is 32.2 Å². The normalized spacial score (nSPS) is 9.36. The van der Waals surface area contributed by atoms with E-state index in [1.54, 1.807) is 7.11 Å². The monoisotopic (exact) mass is 280 g/mol. The maximum absolute atomic E-state index is 5.03. The SMILES string of the molecule is COc1cccc(Br)c1OBr. The van der Waals surface area contributed by atoms with Crippen LogP contribution < -0.4 is 8.57 Å². The van der Waals surface area contributed by atoms with Crippen LogP contribution in [0.5, 0.6) is 11.5 Å². The van der Waals surface area contributed by atoms with Gasteiger partial charge in [-0.1, -0.05) is 6.07 Å². The number of ether oxygens (including phenoxy) is 1. The molecule has 0 fully saturated rings. The molecule has 11 heavy (non-hydrogen) atoms. The first-order valence-corrected chi connectivity index (χ1v) is 4.34. The first-order chi connectivity index (χ1) is 5.29. The van der Waals surface area contributed by atoms with Gasteiger partial charge < -0.3 is 8.57 Å². The van der Waals surface area contributed by atoms with Crippen molar-refractivity contribution in [3.8, 4) is 11.5 Å². The van der Waals surface area contributed by atoms with E-state index in [1.165, 1.54) is 0 Å². The second kappa shape index (κ2) is 3.97. The molecule has 0 radical (unpaired) electrons. The zero-order chi connectivity index (χ0) is 8.27. The van der Waals surface area contributed by atoms with E-state index in [0.717, 1.165) is 4.47 Å². The summed E-state index contributed by atoms with van der Waals surface area (Å²) < 4.78 is 10.8. The highest BCUT2D eigenvalue weighted by atomic mass is 79.9. The van der Waals surface area contributed by atoms with Gasteiger partial charge in [0.05, 0.1) is 11.6 Å². The molecule has 2 nitrogen and oxygen atoms in total. The van der Waals surface area contributed by atoms with E-state index in [1.807, 2.05) is 18.2 Å². The maximum Gasteiger partial charge on any atom is 0.192 e. The minimum absolute atomic E-state index is 0.648. The van der Waals surface area contributed by atoms with Crippen LogP contribution >= 0.6 is 32.2 Å². The fraction of sp³-hybridized carbons (Fsp3) is 0.143. The summed E-state index contributed by atoms with van der Waals surface area (Å²) in [5.74, 6) is 1.34. The molecule has 0 bridgehead atoms. The molecular formula is C7H6Br2O2. The number of hydrogen-bond donors (Lipinski definition) is 0. The van der Waals surface area contributed by atoms with Crippen molar-refractivity contribution in [1.82, 2.24) is 0 Å². The van der Waals surface area contributed by atoms with Gasteiger partial charge in [-0.2, -0.15) is 0 Å². The molecule has 0 atom stereocenters. The molecule has 0 saturated carbocycles. The number of halogens is 2. The van der Waals surface area contributed by atoms with Gasteiger partial charge in [0.15, 0.2) is 27.8 Å². The van der Waals surface area contributed by atoms with Crippen molar-refractivity contribution in [3.05, 3.63) is 22.7 Å². The third-order valence-corrected chi connectivity index (χ3v) is 2.18. The Bertz CT molecular complexity index is 250. The Kier molecular flexibility index (Phi) is 3.20. The summed E-state index contributed by atoms with van der Waals surface area (Å²) in [6, 6.07) is 5.57. The molecule has 0 aliphatic carbocycles. The van der Waals surface area contributed by atoms with Crippen molar-refractivity contribution in [2.75, 3.05) is 7.11 Å². The van der Waals surface area contributed by atoms with Gasteiger partial charge in [-0.25, -0.2) is 0 Å². The minimum atomic E-state index is 0.648. The van der Waals surface area contributed by atoms with Crippen LogP contribution in [0.1, 0.15) is 0 Å². The molecule has 4 heteroatoms. The quantitative estimate of drug-likeness (QED) is 0.829. The summed E-state index contributed by atoms with van der Waals surface area (Å²) >= 11 is 6.20. The van der Waals surface area contributed by atoms with Gasteiger partial charge in [-0.15, -0.1) is 0 Å². The summed E-state index contributed by atoms with van der Waals surface area (Å²) in [6.07, 6.45) is 0. The van der Waals surface area contributed by atoms with Crippen LogP contribution in [0.4, 0.5) is 0 Å². The molecule has 0 amide bonds.